The quantitative estimate of drug-likeness (QED) is 0.829. The second-order valence-corrected chi connectivity index (χ2v) is 7.08. The monoisotopic (exact) mass is 372 g/mol. The Hall–Kier alpha value is -2.34. The Labute approximate surface area is 157 Å². The molecule has 7 heteroatoms. The summed E-state index contributed by atoms with van der Waals surface area (Å²) in [6.07, 6.45) is 4.60. The van der Waals surface area contributed by atoms with Gasteiger partial charge in [0, 0.05) is 26.2 Å². The normalized spacial score (nSPS) is 16.5. The van der Waals surface area contributed by atoms with E-state index in [2.05, 4.69) is 20.9 Å². The van der Waals surface area contributed by atoms with Gasteiger partial charge in [0.1, 0.15) is 5.75 Å². The summed E-state index contributed by atoms with van der Waals surface area (Å²) in [6.45, 7) is 3.03. The van der Waals surface area contributed by atoms with Gasteiger partial charge >= 0.3 is 0 Å². The first kappa shape index (κ1) is 17.1. The zero-order valence-electron chi connectivity index (χ0n) is 14.7. The highest BCUT2D eigenvalue weighted by Gasteiger charge is 2.26. The number of benzene rings is 1. The van der Waals surface area contributed by atoms with Gasteiger partial charge in [0.2, 0.25) is 5.95 Å². The lowest BCUT2D eigenvalue weighted by atomic mass is 9.99. The third-order valence-corrected chi connectivity index (χ3v) is 5.31. The third-order valence-electron chi connectivity index (χ3n) is 5.04. The van der Waals surface area contributed by atoms with Crippen LogP contribution in [0.1, 0.15) is 34.5 Å². The van der Waals surface area contributed by atoms with E-state index in [0.717, 1.165) is 43.7 Å². The molecule has 0 unspecified atom stereocenters. The van der Waals surface area contributed by atoms with E-state index in [-0.39, 0.29) is 11.6 Å². The molecule has 2 aliphatic heterocycles. The van der Waals surface area contributed by atoms with E-state index >= 15 is 0 Å². The van der Waals surface area contributed by atoms with Gasteiger partial charge in [-0.3, -0.25) is 4.79 Å². The number of rotatable bonds is 3. The number of hydrogen-bond donors (Lipinski definition) is 0. The largest absolute Gasteiger partial charge is 0.497 e. The maximum absolute atomic E-state index is 13.1. The van der Waals surface area contributed by atoms with E-state index in [1.54, 1.807) is 12.0 Å². The van der Waals surface area contributed by atoms with E-state index in [1.165, 1.54) is 11.8 Å². The zero-order chi connectivity index (χ0) is 18.1. The van der Waals surface area contributed by atoms with Gasteiger partial charge in [-0.05, 0) is 42.5 Å². The first-order valence-corrected chi connectivity index (χ1v) is 9.26. The van der Waals surface area contributed by atoms with Gasteiger partial charge in [0.05, 0.1) is 18.3 Å². The Morgan fingerprint density at radius 1 is 1.19 bits per heavy atom. The Morgan fingerprint density at radius 3 is 2.77 bits per heavy atom. The molecule has 2 aliphatic rings. The van der Waals surface area contributed by atoms with Gasteiger partial charge < -0.3 is 14.5 Å². The number of hydrogen-bond acceptors (Lipinski definition) is 5. The molecule has 0 N–H and O–H groups in total. The minimum atomic E-state index is -0.147. The number of aromatic nitrogens is 2. The highest BCUT2D eigenvalue weighted by molar-refractivity contribution is 6.33. The number of nitrogens with zero attached hydrogens (tertiary/aromatic N) is 4. The molecular formula is C19H21ClN4O2. The summed E-state index contributed by atoms with van der Waals surface area (Å²) < 4.78 is 5.30. The molecule has 4 rings (SSSR count). The fourth-order valence-electron chi connectivity index (χ4n) is 3.56. The summed E-state index contributed by atoms with van der Waals surface area (Å²) in [4.78, 5) is 25.7. The Bertz CT molecular complexity index is 836. The first-order chi connectivity index (χ1) is 12.7. The number of amides is 1. The summed E-state index contributed by atoms with van der Waals surface area (Å²) >= 11 is 6.25. The Morgan fingerprint density at radius 2 is 2.00 bits per heavy atom. The maximum Gasteiger partial charge on any atom is 0.274 e. The molecule has 0 radical (unpaired) electrons. The number of anilines is 1. The van der Waals surface area contributed by atoms with Crippen LogP contribution in [-0.2, 0) is 13.0 Å². The predicted octanol–water partition coefficient (Wildman–Crippen LogP) is 2.94. The molecule has 1 aromatic carbocycles. The van der Waals surface area contributed by atoms with Crippen LogP contribution in [0.4, 0.5) is 5.95 Å². The molecule has 0 spiro atoms. The molecule has 1 amide bonds. The van der Waals surface area contributed by atoms with Crippen LogP contribution in [0, 0.1) is 0 Å². The fourth-order valence-corrected chi connectivity index (χ4v) is 3.73. The van der Waals surface area contributed by atoms with Crippen LogP contribution in [0.15, 0.2) is 24.4 Å². The summed E-state index contributed by atoms with van der Waals surface area (Å²) in [5, 5.41) is 0.300. The summed E-state index contributed by atoms with van der Waals surface area (Å²) in [6, 6.07) is 6.02. The van der Waals surface area contributed by atoms with E-state index in [9.17, 15) is 4.79 Å². The second-order valence-electron chi connectivity index (χ2n) is 6.67. The summed E-state index contributed by atoms with van der Waals surface area (Å²) in [7, 11) is 1.65. The molecule has 3 heterocycles. The van der Waals surface area contributed by atoms with Crippen molar-refractivity contribution in [1.29, 1.82) is 0 Å². The van der Waals surface area contributed by atoms with E-state index in [1.807, 2.05) is 12.1 Å². The first-order valence-electron chi connectivity index (χ1n) is 8.88. The van der Waals surface area contributed by atoms with Crippen LogP contribution in [0.5, 0.6) is 5.75 Å². The van der Waals surface area contributed by atoms with Crippen molar-refractivity contribution < 1.29 is 9.53 Å². The average Bonchev–Trinajstić information content (AvgIpc) is 3.21. The van der Waals surface area contributed by atoms with Gasteiger partial charge in [0.15, 0.2) is 5.69 Å². The number of fused-ring (bicyclic) bond motifs is 1. The maximum atomic E-state index is 13.1. The molecule has 2 aromatic rings. The van der Waals surface area contributed by atoms with Crippen LogP contribution in [-0.4, -0.2) is 47.5 Å². The lowest BCUT2D eigenvalue weighted by molar-refractivity contribution is 0.0728. The smallest absolute Gasteiger partial charge is 0.274 e. The Balaban J connectivity index is 1.58. The number of carbonyl (C=O) groups is 1. The molecule has 1 saturated heterocycles. The van der Waals surface area contributed by atoms with E-state index < -0.39 is 0 Å². The van der Waals surface area contributed by atoms with Crippen molar-refractivity contribution in [2.24, 2.45) is 0 Å². The van der Waals surface area contributed by atoms with Crippen molar-refractivity contribution in [3.05, 3.63) is 46.2 Å². The summed E-state index contributed by atoms with van der Waals surface area (Å²) in [5.41, 5.74) is 2.64. The highest BCUT2D eigenvalue weighted by atomic mass is 35.5. The fraction of sp³-hybridized carbons (Fsp3) is 0.421. The SMILES string of the molecule is COc1ccc2c(c1)CN(C(=O)c1nc(N3CCCC3)ncc1Cl)CC2. The molecule has 6 nitrogen and oxygen atoms in total. The van der Waals surface area contributed by atoms with Crippen molar-refractivity contribution in [2.45, 2.75) is 25.8 Å². The van der Waals surface area contributed by atoms with Gasteiger partial charge in [-0.25, -0.2) is 9.97 Å². The molecule has 0 aliphatic carbocycles. The van der Waals surface area contributed by atoms with Gasteiger partial charge in [-0.2, -0.15) is 0 Å². The van der Waals surface area contributed by atoms with Crippen LogP contribution in [0.25, 0.3) is 0 Å². The van der Waals surface area contributed by atoms with Crippen molar-refractivity contribution in [3.63, 3.8) is 0 Å². The Kier molecular flexibility index (Phi) is 4.68. The second kappa shape index (κ2) is 7.11. The molecule has 136 valence electrons. The molecule has 0 saturated carbocycles. The molecule has 1 fully saturated rings. The molecule has 0 atom stereocenters. The van der Waals surface area contributed by atoms with Gasteiger partial charge in [0.25, 0.3) is 5.91 Å². The number of methoxy groups -OCH3 is 1. The van der Waals surface area contributed by atoms with Crippen molar-refractivity contribution >= 4 is 23.5 Å². The lowest BCUT2D eigenvalue weighted by Gasteiger charge is -2.29. The van der Waals surface area contributed by atoms with E-state index in [4.69, 9.17) is 16.3 Å². The highest BCUT2D eigenvalue weighted by Crippen LogP contribution is 2.26. The van der Waals surface area contributed by atoms with Crippen LogP contribution >= 0.6 is 11.6 Å². The number of ether oxygens (including phenoxy) is 1. The number of carbonyl (C=O) groups excluding carboxylic acids is 1. The van der Waals surface area contributed by atoms with Gasteiger partial charge in [-0.15, -0.1) is 0 Å². The van der Waals surface area contributed by atoms with Crippen LogP contribution in [0.2, 0.25) is 5.02 Å². The van der Waals surface area contributed by atoms with E-state index in [0.29, 0.717) is 24.1 Å². The molecule has 1 aromatic heterocycles. The van der Waals surface area contributed by atoms with Crippen LogP contribution < -0.4 is 9.64 Å². The number of halogens is 1. The van der Waals surface area contributed by atoms with Crippen molar-refractivity contribution in [3.8, 4) is 5.75 Å². The minimum absolute atomic E-state index is 0.147. The van der Waals surface area contributed by atoms with Crippen molar-refractivity contribution in [1.82, 2.24) is 14.9 Å². The molecular weight excluding hydrogens is 352 g/mol. The van der Waals surface area contributed by atoms with Crippen molar-refractivity contribution in [2.75, 3.05) is 31.6 Å². The van der Waals surface area contributed by atoms with Gasteiger partial charge in [-0.1, -0.05) is 17.7 Å². The average molecular weight is 373 g/mol. The topological polar surface area (TPSA) is 58.6 Å². The zero-order valence-corrected chi connectivity index (χ0v) is 15.5. The standard InChI is InChI=1S/C19H21ClN4O2/c1-26-15-5-4-13-6-9-24(12-14(13)10-15)18(25)17-16(20)11-21-19(22-17)23-7-2-3-8-23/h4-5,10-11H,2-3,6-9,12H2,1H3. The lowest BCUT2D eigenvalue weighted by Crippen LogP contribution is -2.37. The molecule has 26 heavy (non-hydrogen) atoms. The summed E-state index contributed by atoms with van der Waals surface area (Å²) in [5.74, 6) is 1.25. The predicted molar refractivity (Wildman–Crippen MR) is 99.9 cm³/mol. The third kappa shape index (κ3) is 3.21. The molecule has 0 bridgehead atoms. The minimum Gasteiger partial charge on any atom is -0.497 e. The van der Waals surface area contributed by atoms with Crippen LogP contribution in [0.3, 0.4) is 0 Å².